The van der Waals surface area contributed by atoms with Gasteiger partial charge in [0.25, 0.3) is 0 Å². The first-order valence-corrected chi connectivity index (χ1v) is 2.94. The van der Waals surface area contributed by atoms with Gasteiger partial charge >= 0.3 is 0 Å². The molecular formula is C6H14N4. The van der Waals surface area contributed by atoms with Gasteiger partial charge in [0.05, 0.1) is 0 Å². The smallest absolute Gasteiger partial charge is 0.214 e. The van der Waals surface area contributed by atoms with Crippen molar-refractivity contribution < 1.29 is 0 Å². The van der Waals surface area contributed by atoms with Crippen molar-refractivity contribution in [2.24, 2.45) is 10.8 Å². The van der Waals surface area contributed by atoms with Gasteiger partial charge in [-0.05, 0) is 0 Å². The van der Waals surface area contributed by atoms with Crippen LogP contribution in [-0.2, 0) is 0 Å². The maximum atomic E-state index is 5.44. The highest BCUT2D eigenvalue weighted by molar-refractivity contribution is 5.79. The topological polar surface area (TPSA) is 44.9 Å². The molecule has 58 valence electrons. The molecule has 0 heterocycles. The molecule has 0 aliphatic carbocycles. The van der Waals surface area contributed by atoms with Gasteiger partial charge in [-0.3, -0.25) is 5.01 Å². The third-order valence-electron chi connectivity index (χ3n) is 0.922. The molecule has 0 aromatic carbocycles. The number of hydrogen-bond acceptors (Lipinski definition) is 2. The zero-order chi connectivity index (χ0) is 8.15. The van der Waals surface area contributed by atoms with Crippen LogP contribution < -0.4 is 5.84 Å². The summed E-state index contributed by atoms with van der Waals surface area (Å²) in [6.45, 7) is 3.47. The van der Waals surface area contributed by atoms with Gasteiger partial charge in [-0.2, -0.15) is 0 Å². The van der Waals surface area contributed by atoms with Gasteiger partial charge in [0.15, 0.2) is 0 Å². The molecule has 0 bridgehead atoms. The van der Waals surface area contributed by atoms with E-state index in [-0.39, 0.29) is 0 Å². The van der Waals surface area contributed by atoms with E-state index in [0.717, 1.165) is 0 Å². The van der Waals surface area contributed by atoms with Gasteiger partial charge in [0.1, 0.15) is 0 Å². The van der Waals surface area contributed by atoms with Crippen LogP contribution in [0.1, 0.15) is 0 Å². The van der Waals surface area contributed by atoms with Crippen LogP contribution in [0.2, 0.25) is 0 Å². The molecule has 0 rings (SSSR count). The Hall–Kier alpha value is -1.03. The molecule has 0 amide bonds. The Kier molecular flexibility index (Phi) is 3.49. The molecule has 0 aliphatic heterocycles. The van der Waals surface area contributed by atoms with Crippen LogP contribution in [0.4, 0.5) is 0 Å². The predicted molar refractivity (Wildman–Crippen MR) is 43.3 cm³/mol. The molecule has 0 fully saturated rings. The molecule has 0 radical (unpaired) electrons. The summed E-state index contributed by atoms with van der Waals surface area (Å²) in [5, 5.41) is 1.43. The molecular weight excluding hydrogens is 128 g/mol. The van der Waals surface area contributed by atoms with Crippen molar-refractivity contribution in [1.29, 1.82) is 0 Å². The van der Waals surface area contributed by atoms with Gasteiger partial charge in [0.2, 0.25) is 5.96 Å². The first-order chi connectivity index (χ1) is 4.59. The minimum atomic E-state index is 0.676. The number of nitrogens with zero attached hydrogens (tertiary/aromatic N) is 3. The van der Waals surface area contributed by atoms with E-state index in [4.69, 9.17) is 5.84 Å². The molecule has 0 spiro atoms. The van der Waals surface area contributed by atoms with Crippen LogP contribution in [0, 0.1) is 0 Å². The number of rotatable bonds is 1. The highest BCUT2D eigenvalue weighted by Crippen LogP contribution is 1.85. The molecule has 4 nitrogen and oxygen atoms in total. The first kappa shape index (κ1) is 8.97. The van der Waals surface area contributed by atoms with Crippen LogP contribution in [0.3, 0.4) is 0 Å². The van der Waals surface area contributed by atoms with E-state index in [2.05, 4.69) is 11.6 Å². The Balaban J connectivity index is 4.26. The number of hydrazine groups is 1. The molecule has 2 N–H and O–H groups in total. The van der Waals surface area contributed by atoms with Crippen LogP contribution in [0.25, 0.3) is 0 Å². The Morgan fingerprint density at radius 1 is 1.50 bits per heavy atom. The lowest BCUT2D eigenvalue weighted by molar-refractivity contribution is 0.441. The molecule has 0 unspecified atom stereocenters. The van der Waals surface area contributed by atoms with Gasteiger partial charge in [-0.1, -0.05) is 6.58 Å². The summed E-state index contributed by atoms with van der Waals surface area (Å²) >= 11 is 0. The Morgan fingerprint density at radius 3 is 2.10 bits per heavy atom. The minimum Gasteiger partial charge on any atom is -0.348 e. The third-order valence-corrected chi connectivity index (χ3v) is 0.922. The van der Waals surface area contributed by atoms with E-state index < -0.39 is 0 Å². The summed E-state index contributed by atoms with van der Waals surface area (Å²) < 4.78 is 0. The second-order valence-electron chi connectivity index (χ2n) is 2.12. The zero-order valence-electron chi connectivity index (χ0n) is 6.70. The second kappa shape index (κ2) is 3.90. The fraction of sp³-hybridized carbons (Fsp3) is 0.500. The van der Waals surface area contributed by atoms with Gasteiger partial charge in [0, 0.05) is 27.3 Å². The summed E-state index contributed by atoms with van der Waals surface area (Å²) in [6, 6.07) is 0. The highest BCUT2D eigenvalue weighted by Gasteiger charge is 2.01. The summed E-state index contributed by atoms with van der Waals surface area (Å²) in [5.41, 5.74) is 0. The van der Waals surface area contributed by atoms with Crippen molar-refractivity contribution in [3.8, 4) is 0 Å². The molecule has 0 saturated carbocycles. The normalized spacial score (nSPS) is 11.0. The van der Waals surface area contributed by atoms with Crippen LogP contribution in [0.15, 0.2) is 17.8 Å². The van der Waals surface area contributed by atoms with Crippen molar-refractivity contribution in [3.63, 3.8) is 0 Å². The lowest BCUT2D eigenvalue weighted by atomic mass is 10.7. The largest absolute Gasteiger partial charge is 0.348 e. The fourth-order valence-electron chi connectivity index (χ4n) is 0.604. The molecule has 0 aromatic heterocycles. The van der Waals surface area contributed by atoms with E-state index in [1.807, 2.05) is 19.0 Å². The SMILES string of the molecule is C=C/N=C(/N(C)C)N(C)N. The fourth-order valence-corrected chi connectivity index (χ4v) is 0.604. The molecule has 0 aliphatic rings. The van der Waals surface area contributed by atoms with Crippen molar-refractivity contribution >= 4 is 5.96 Å². The van der Waals surface area contributed by atoms with E-state index in [1.165, 1.54) is 11.2 Å². The average Bonchev–Trinajstić information content (AvgIpc) is 1.81. The minimum absolute atomic E-state index is 0.676. The van der Waals surface area contributed by atoms with Crippen LogP contribution in [-0.4, -0.2) is 37.0 Å². The van der Waals surface area contributed by atoms with E-state index in [9.17, 15) is 0 Å². The molecule has 0 atom stereocenters. The standard InChI is InChI=1S/C6H14N4/c1-5-8-6(9(2)3)10(4)7/h5H,1,7H2,2-4H3/b8-6-. The van der Waals surface area contributed by atoms with Crippen molar-refractivity contribution in [1.82, 2.24) is 9.91 Å². The van der Waals surface area contributed by atoms with Crippen molar-refractivity contribution in [3.05, 3.63) is 12.8 Å². The Bertz CT molecular complexity index is 127. The van der Waals surface area contributed by atoms with E-state index >= 15 is 0 Å². The highest BCUT2D eigenvalue weighted by atomic mass is 15.5. The molecule has 10 heavy (non-hydrogen) atoms. The lowest BCUT2D eigenvalue weighted by Gasteiger charge is -2.20. The third kappa shape index (κ3) is 2.50. The van der Waals surface area contributed by atoms with Gasteiger partial charge in [-0.25, -0.2) is 10.8 Å². The lowest BCUT2D eigenvalue weighted by Crippen LogP contribution is -2.42. The number of nitrogens with two attached hydrogens (primary N) is 1. The molecule has 0 saturated heterocycles. The zero-order valence-corrected chi connectivity index (χ0v) is 6.70. The summed E-state index contributed by atoms with van der Waals surface area (Å²) in [7, 11) is 5.46. The molecule has 4 heteroatoms. The Labute approximate surface area is 61.6 Å². The van der Waals surface area contributed by atoms with Crippen LogP contribution >= 0.6 is 0 Å². The number of guanidine groups is 1. The quantitative estimate of drug-likeness (QED) is 0.240. The van der Waals surface area contributed by atoms with Gasteiger partial charge < -0.3 is 4.90 Å². The van der Waals surface area contributed by atoms with Crippen molar-refractivity contribution in [2.45, 2.75) is 0 Å². The predicted octanol–water partition coefficient (Wildman–Crippen LogP) is -0.147. The second-order valence-corrected chi connectivity index (χ2v) is 2.12. The van der Waals surface area contributed by atoms with E-state index in [0.29, 0.717) is 5.96 Å². The summed E-state index contributed by atoms with van der Waals surface area (Å²) in [4.78, 5) is 5.74. The number of aliphatic imine (C=N–C) groups is 1. The molecule has 0 aromatic rings. The maximum Gasteiger partial charge on any atom is 0.214 e. The average molecular weight is 142 g/mol. The van der Waals surface area contributed by atoms with Crippen LogP contribution in [0.5, 0.6) is 0 Å². The first-order valence-electron chi connectivity index (χ1n) is 2.94. The number of hydrogen-bond donors (Lipinski definition) is 1. The Morgan fingerprint density at radius 2 is 2.00 bits per heavy atom. The van der Waals surface area contributed by atoms with Gasteiger partial charge in [-0.15, -0.1) is 0 Å². The van der Waals surface area contributed by atoms with Crippen molar-refractivity contribution in [2.75, 3.05) is 21.1 Å². The monoisotopic (exact) mass is 142 g/mol. The summed E-state index contributed by atoms with van der Waals surface area (Å²) in [5.74, 6) is 6.11. The maximum absolute atomic E-state index is 5.44. The summed E-state index contributed by atoms with van der Waals surface area (Å²) in [6.07, 6.45) is 1.46. The van der Waals surface area contributed by atoms with E-state index in [1.54, 1.807) is 7.05 Å².